The maximum absolute atomic E-state index is 12.5. The number of nitrogens with zero attached hydrogens (tertiary/aromatic N) is 6. The molecule has 2 aliphatic rings. The highest BCUT2D eigenvalue weighted by atomic mass is 16.5. The van der Waals surface area contributed by atoms with Gasteiger partial charge in [0.05, 0.1) is 6.20 Å². The molecule has 0 spiro atoms. The third-order valence-electron chi connectivity index (χ3n) is 5.04. The second-order valence-electron chi connectivity index (χ2n) is 7.03. The summed E-state index contributed by atoms with van der Waals surface area (Å²) in [6.45, 7) is 1.000. The molecule has 2 fully saturated rings. The molecule has 28 heavy (non-hydrogen) atoms. The Morgan fingerprint density at radius 3 is 2.79 bits per heavy atom. The molecule has 146 valence electrons. The van der Waals surface area contributed by atoms with Gasteiger partial charge in [0, 0.05) is 44.7 Å². The standard InChI is InChI=1S/C18H20N6O4/c25-15-3-4-16(26)24(15)11-17(27)23-7-1-2-12(10-23)8-14-21-18(22-28-14)13-9-19-5-6-20-13/h5-6,9,12H,1-4,7-8,10-11H2. The average Bonchev–Trinajstić information content (AvgIpc) is 3.31. The Balaban J connectivity index is 1.35. The Labute approximate surface area is 160 Å². The molecule has 0 bridgehead atoms. The van der Waals surface area contributed by atoms with Gasteiger partial charge in [-0.1, -0.05) is 5.16 Å². The third kappa shape index (κ3) is 3.90. The number of hydrogen-bond donors (Lipinski definition) is 0. The zero-order valence-electron chi connectivity index (χ0n) is 15.3. The van der Waals surface area contributed by atoms with Crippen molar-refractivity contribution in [2.24, 2.45) is 5.92 Å². The van der Waals surface area contributed by atoms with Crippen LogP contribution >= 0.6 is 0 Å². The van der Waals surface area contributed by atoms with E-state index in [4.69, 9.17) is 4.52 Å². The highest BCUT2D eigenvalue weighted by Crippen LogP contribution is 2.22. The molecular formula is C18H20N6O4. The third-order valence-corrected chi connectivity index (χ3v) is 5.04. The number of piperidine rings is 1. The van der Waals surface area contributed by atoms with Crippen LogP contribution in [0.2, 0.25) is 0 Å². The van der Waals surface area contributed by atoms with Crippen LogP contribution in [0.5, 0.6) is 0 Å². The van der Waals surface area contributed by atoms with Crippen LogP contribution in [0.4, 0.5) is 0 Å². The first kappa shape index (κ1) is 18.2. The Morgan fingerprint density at radius 2 is 2.04 bits per heavy atom. The van der Waals surface area contributed by atoms with Crippen LogP contribution in [0.1, 0.15) is 31.6 Å². The van der Waals surface area contributed by atoms with E-state index in [1.54, 1.807) is 23.5 Å². The van der Waals surface area contributed by atoms with Gasteiger partial charge in [-0.05, 0) is 18.8 Å². The van der Waals surface area contributed by atoms with Gasteiger partial charge in [-0.3, -0.25) is 24.3 Å². The summed E-state index contributed by atoms with van der Waals surface area (Å²) in [6, 6.07) is 0. The summed E-state index contributed by atoms with van der Waals surface area (Å²) in [5.74, 6) is 0.322. The topological polar surface area (TPSA) is 122 Å². The van der Waals surface area contributed by atoms with Crippen molar-refractivity contribution >= 4 is 17.7 Å². The fraction of sp³-hybridized carbons (Fsp3) is 0.500. The first-order chi connectivity index (χ1) is 13.6. The van der Waals surface area contributed by atoms with Crippen LogP contribution in [0, 0.1) is 5.92 Å². The first-order valence-electron chi connectivity index (χ1n) is 9.30. The highest BCUT2D eigenvalue weighted by molar-refractivity contribution is 6.04. The van der Waals surface area contributed by atoms with Gasteiger partial charge in [0.15, 0.2) is 0 Å². The molecule has 1 unspecified atom stereocenters. The van der Waals surface area contributed by atoms with Crippen molar-refractivity contribution in [1.29, 1.82) is 0 Å². The van der Waals surface area contributed by atoms with Crippen LogP contribution in [-0.4, -0.2) is 67.3 Å². The lowest BCUT2D eigenvalue weighted by molar-refractivity contribution is -0.146. The van der Waals surface area contributed by atoms with Crippen molar-refractivity contribution in [3.63, 3.8) is 0 Å². The Bertz CT molecular complexity index is 867. The maximum atomic E-state index is 12.5. The molecule has 0 N–H and O–H groups in total. The number of carbonyl (C=O) groups excluding carboxylic acids is 3. The smallest absolute Gasteiger partial charge is 0.242 e. The summed E-state index contributed by atoms with van der Waals surface area (Å²) in [5, 5.41) is 3.94. The number of likely N-dealkylation sites (tertiary alicyclic amines) is 2. The van der Waals surface area contributed by atoms with Gasteiger partial charge >= 0.3 is 0 Å². The minimum Gasteiger partial charge on any atom is -0.341 e. The van der Waals surface area contributed by atoms with Gasteiger partial charge in [0.2, 0.25) is 29.4 Å². The van der Waals surface area contributed by atoms with Crippen molar-refractivity contribution in [3.05, 3.63) is 24.5 Å². The van der Waals surface area contributed by atoms with Crippen LogP contribution in [0.3, 0.4) is 0 Å². The zero-order valence-corrected chi connectivity index (χ0v) is 15.3. The minimum absolute atomic E-state index is 0.165. The number of rotatable bonds is 5. The van der Waals surface area contributed by atoms with Crippen molar-refractivity contribution in [3.8, 4) is 11.5 Å². The van der Waals surface area contributed by atoms with Crippen molar-refractivity contribution < 1.29 is 18.9 Å². The van der Waals surface area contributed by atoms with Crippen molar-refractivity contribution in [2.45, 2.75) is 32.1 Å². The van der Waals surface area contributed by atoms with Crippen LogP contribution in [-0.2, 0) is 20.8 Å². The molecule has 2 aliphatic heterocycles. The predicted octanol–water partition coefficient (Wildman–Crippen LogP) is 0.457. The second kappa shape index (κ2) is 7.83. The molecule has 10 nitrogen and oxygen atoms in total. The molecule has 1 atom stereocenters. The van der Waals surface area contributed by atoms with Gasteiger partial charge in [0.25, 0.3) is 0 Å². The second-order valence-corrected chi connectivity index (χ2v) is 7.03. The molecule has 4 heterocycles. The van der Waals surface area contributed by atoms with Crippen LogP contribution < -0.4 is 0 Å². The van der Waals surface area contributed by atoms with E-state index in [1.165, 1.54) is 0 Å². The monoisotopic (exact) mass is 384 g/mol. The lowest BCUT2D eigenvalue weighted by Gasteiger charge is -2.33. The van der Waals surface area contributed by atoms with Gasteiger partial charge < -0.3 is 9.42 Å². The molecule has 3 amide bonds. The average molecular weight is 384 g/mol. The van der Waals surface area contributed by atoms with E-state index in [-0.39, 0.29) is 43.0 Å². The SMILES string of the molecule is O=C(CN1C(=O)CCC1=O)N1CCCC(Cc2nc(-c3cnccn3)no2)C1. The number of carbonyl (C=O) groups is 3. The predicted molar refractivity (Wildman–Crippen MR) is 94.3 cm³/mol. The quantitative estimate of drug-likeness (QED) is 0.681. The summed E-state index contributed by atoms with van der Waals surface area (Å²) in [7, 11) is 0. The summed E-state index contributed by atoms with van der Waals surface area (Å²) in [6.07, 6.45) is 7.43. The molecule has 2 saturated heterocycles. The van der Waals surface area contributed by atoms with E-state index < -0.39 is 0 Å². The largest absolute Gasteiger partial charge is 0.341 e. The maximum Gasteiger partial charge on any atom is 0.242 e. The highest BCUT2D eigenvalue weighted by Gasteiger charge is 2.33. The number of imide groups is 1. The van der Waals surface area contributed by atoms with Gasteiger partial charge in [-0.25, -0.2) is 4.98 Å². The number of amides is 3. The van der Waals surface area contributed by atoms with E-state index in [1.807, 2.05) is 0 Å². The summed E-state index contributed by atoms with van der Waals surface area (Å²) in [4.78, 5) is 51.3. The van der Waals surface area contributed by atoms with Crippen molar-refractivity contribution in [2.75, 3.05) is 19.6 Å². The van der Waals surface area contributed by atoms with Crippen molar-refractivity contribution in [1.82, 2.24) is 29.9 Å². The Hall–Kier alpha value is -3.17. The molecular weight excluding hydrogens is 364 g/mol. The Morgan fingerprint density at radius 1 is 1.21 bits per heavy atom. The molecule has 0 radical (unpaired) electrons. The summed E-state index contributed by atoms with van der Waals surface area (Å²) in [5.41, 5.74) is 0.540. The molecule has 0 saturated carbocycles. The molecule has 10 heteroatoms. The Kier molecular flexibility index (Phi) is 5.09. The van der Waals surface area contributed by atoms with E-state index in [0.29, 0.717) is 36.9 Å². The van der Waals surface area contributed by atoms with Gasteiger partial charge in [0.1, 0.15) is 12.2 Å². The van der Waals surface area contributed by atoms with Gasteiger partial charge in [-0.2, -0.15) is 4.98 Å². The normalized spacial score (nSPS) is 20.1. The molecule has 4 rings (SSSR count). The van der Waals surface area contributed by atoms with Crippen LogP contribution in [0.25, 0.3) is 11.5 Å². The fourth-order valence-electron chi connectivity index (χ4n) is 3.60. The van der Waals surface area contributed by atoms with Crippen LogP contribution in [0.15, 0.2) is 23.1 Å². The molecule has 2 aromatic heterocycles. The molecule has 2 aromatic rings. The summed E-state index contributed by atoms with van der Waals surface area (Å²) < 4.78 is 5.32. The molecule has 0 aromatic carbocycles. The molecule has 0 aliphatic carbocycles. The summed E-state index contributed by atoms with van der Waals surface area (Å²) >= 11 is 0. The van der Waals surface area contributed by atoms with Gasteiger partial charge in [-0.15, -0.1) is 0 Å². The minimum atomic E-state index is -0.269. The van der Waals surface area contributed by atoms with E-state index >= 15 is 0 Å². The number of hydrogen-bond acceptors (Lipinski definition) is 8. The van der Waals surface area contributed by atoms with E-state index in [9.17, 15) is 14.4 Å². The first-order valence-corrected chi connectivity index (χ1v) is 9.30. The zero-order chi connectivity index (χ0) is 19.5. The lowest BCUT2D eigenvalue weighted by atomic mass is 9.94. The lowest BCUT2D eigenvalue weighted by Crippen LogP contribution is -2.46. The van der Waals surface area contributed by atoms with E-state index in [0.717, 1.165) is 17.7 Å². The van der Waals surface area contributed by atoms with E-state index in [2.05, 4.69) is 20.1 Å². The fourth-order valence-corrected chi connectivity index (χ4v) is 3.60. The number of aromatic nitrogens is 4.